The van der Waals surface area contributed by atoms with E-state index in [1.165, 1.54) is 6.92 Å². The molecular formula is C21H20ClNO4. The van der Waals surface area contributed by atoms with E-state index in [2.05, 4.69) is 0 Å². The van der Waals surface area contributed by atoms with Crippen LogP contribution in [-0.2, 0) is 16.1 Å². The quantitative estimate of drug-likeness (QED) is 0.559. The second kappa shape index (κ2) is 8.35. The minimum absolute atomic E-state index is 0.159. The zero-order valence-corrected chi connectivity index (χ0v) is 15.7. The normalized spacial score (nSPS) is 14.9. The number of ether oxygens (including phenoxy) is 1. The highest BCUT2D eigenvalue weighted by molar-refractivity contribution is 6.31. The van der Waals surface area contributed by atoms with E-state index >= 15 is 0 Å². The predicted octanol–water partition coefficient (Wildman–Crippen LogP) is 3.89. The SMILES string of the molecule is CC(OC(=O)c1ccc(CN2CCCC2=O)cc1)C(=O)c1cccc(Cl)c1. The van der Waals surface area contributed by atoms with Crippen LogP contribution in [0.15, 0.2) is 48.5 Å². The summed E-state index contributed by atoms with van der Waals surface area (Å²) in [7, 11) is 0. The van der Waals surface area contributed by atoms with Crippen LogP contribution in [0.2, 0.25) is 5.02 Å². The fourth-order valence-corrected chi connectivity index (χ4v) is 3.19. The molecule has 1 aliphatic heterocycles. The van der Waals surface area contributed by atoms with Crippen molar-refractivity contribution in [2.24, 2.45) is 0 Å². The van der Waals surface area contributed by atoms with E-state index in [1.54, 1.807) is 53.4 Å². The number of hydrogen-bond acceptors (Lipinski definition) is 4. The van der Waals surface area contributed by atoms with Crippen LogP contribution in [0, 0.1) is 0 Å². The number of rotatable bonds is 6. The fraction of sp³-hybridized carbons (Fsp3) is 0.286. The van der Waals surface area contributed by atoms with Gasteiger partial charge in [-0.3, -0.25) is 9.59 Å². The molecule has 0 aliphatic carbocycles. The molecule has 0 N–H and O–H groups in total. The number of esters is 1. The maximum Gasteiger partial charge on any atom is 0.338 e. The van der Waals surface area contributed by atoms with Crippen LogP contribution in [0.4, 0.5) is 0 Å². The zero-order chi connectivity index (χ0) is 19.4. The maximum atomic E-state index is 12.4. The fourth-order valence-electron chi connectivity index (χ4n) is 3.00. The first-order valence-electron chi connectivity index (χ1n) is 8.81. The minimum atomic E-state index is -0.919. The first kappa shape index (κ1) is 19.1. The van der Waals surface area contributed by atoms with E-state index in [9.17, 15) is 14.4 Å². The Balaban J connectivity index is 1.60. The van der Waals surface area contributed by atoms with Crippen LogP contribution in [-0.4, -0.2) is 35.2 Å². The Bertz CT molecular complexity index is 863. The number of carbonyl (C=O) groups excluding carboxylic acids is 3. The molecular weight excluding hydrogens is 366 g/mol. The highest BCUT2D eigenvalue weighted by atomic mass is 35.5. The van der Waals surface area contributed by atoms with Crippen molar-refractivity contribution in [1.29, 1.82) is 0 Å². The molecule has 0 saturated carbocycles. The molecule has 140 valence electrons. The largest absolute Gasteiger partial charge is 0.451 e. The summed E-state index contributed by atoms with van der Waals surface area (Å²) in [4.78, 5) is 38.2. The van der Waals surface area contributed by atoms with Gasteiger partial charge in [-0.05, 0) is 43.2 Å². The van der Waals surface area contributed by atoms with E-state index in [4.69, 9.17) is 16.3 Å². The van der Waals surface area contributed by atoms with Gasteiger partial charge >= 0.3 is 5.97 Å². The number of carbonyl (C=O) groups is 3. The Labute approximate surface area is 162 Å². The highest BCUT2D eigenvalue weighted by Crippen LogP contribution is 2.17. The molecule has 2 aromatic carbocycles. The molecule has 1 fully saturated rings. The summed E-state index contributed by atoms with van der Waals surface area (Å²) < 4.78 is 5.29. The summed E-state index contributed by atoms with van der Waals surface area (Å²) in [5, 5.41) is 0.450. The third kappa shape index (κ3) is 4.74. The molecule has 0 spiro atoms. The molecule has 1 heterocycles. The van der Waals surface area contributed by atoms with Gasteiger partial charge in [0.2, 0.25) is 11.7 Å². The number of ketones is 1. The minimum Gasteiger partial charge on any atom is -0.451 e. The summed E-state index contributed by atoms with van der Waals surface area (Å²) in [5.41, 5.74) is 1.70. The van der Waals surface area contributed by atoms with Crippen molar-refractivity contribution in [3.63, 3.8) is 0 Å². The molecule has 27 heavy (non-hydrogen) atoms. The number of nitrogens with zero attached hydrogens (tertiary/aromatic N) is 1. The van der Waals surface area contributed by atoms with Gasteiger partial charge in [0.25, 0.3) is 0 Å². The summed E-state index contributed by atoms with van der Waals surface area (Å²) in [6.07, 6.45) is 0.572. The van der Waals surface area contributed by atoms with Gasteiger partial charge < -0.3 is 9.64 Å². The number of Topliss-reactive ketones (excluding diaryl/α,β-unsaturated/α-hetero) is 1. The van der Waals surface area contributed by atoms with Crippen LogP contribution in [0.5, 0.6) is 0 Å². The predicted molar refractivity (Wildman–Crippen MR) is 102 cm³/mol. The number of benzene rings is 2. The van der Waals surface area contributed by atoms with Gasteiger partial charge in [-0.1, -0.05) is 35.9 Å². The Hall–Kier alpha value is -2.66. The first-order chi connectivity index (χ1) is 12.9. The summed E-state index contributed by atoms with van der Waals surface area (Å²) >= 11 is 5.90. The molecule has 1 amide bonds. The Morgan fingerprint density at radius 3 is 2.52 bits per heavy atom. The van der Waals surface area contributed by atoms with E-state index in [0.717, 1.165) is 18.5 Å². The third-order valence-corrected chi connectivity index (χ3v) is 4.73. The molecule has 0 aromatic heterocycles. The van der Waals surface area contributed by atoms with Crippen LogP contribution in [0.25, 0.3) is 0 Å². The van der Waals surface area contributed by atoms with Crippen molar-refractivity contribution in [3.8, 4) is 0 Å². The summed E-state index contributed by atoms with van der Waals surface area (Å²) in [6.45, 7) is 2.85. The molecule has 0 radical (unpaired) electrons. The molecule has 1 atom stereocenters. The second-order valence-corrected chi connectivity index (χ2v) is 6.97. The van der Waals surface area contributed by atoms with Crippen molar-refractivity contribution in [2.75, 3.05) is 6.54 Å². The number of hydrogen-bond donors (Lipinski definition) is 0. The Kier molecular flexibility index (Phi) is 5.91. The average Bonchev–Trinajstić information content (AvgIpc) is 3.06. The van der Waals surface area contributed by atoms with Crippen LogP contribution in [0.1, 0.15) is 46.0 Å². The zero-order valence-electron chi connectivity index (χ0n) is 15.0. The smallest absolute Gasteiger partial charge is 0.338 e. The van der Waals surface area contributed by atoms with Crippen LogP contribution < -0.4 is 0 Å². The van der Waals surface area contributed by atoms with Crippen molar-refractivity contribution in [2.45, 2.75) is 32.4 Å². The van der Waals surface area contributed by atoms with E-state index in [0.29, 0.717) is 29.1 Å². The molecule has 5 nitrogen and oxygen atoms in total. The molecule has 0 bridgehead atoms. The number of halogens is 1. The molecule has 6 heteroatoms. The van der Waals surface area contributed by atoms with Crippen molar-refractivity contribution < 1.29 is 19.1 Å². The summed E-state index contributed by atoms with van der Waals surface area (Å²) in [6, 6.07) is 13.4. The van der Waals surface area contributed by atoms with E-state index < -0.39 is 12.1 Å². The van der Waals surface area contributed by atoms with Gasteiger partial charge in [0.15, 0.2) is 6.10 Å². The van der Waals surface area contributed by atoms with Gasteiger partial charge in [-0.25, -0.2) is 4.79 Å². The van der Waals surface area contributed by atoms with Gasteiger partial charge in [-0.15, -0.1) is 0 Å². The lowest BCUT2D eigenvalue weighted by atomic mass is 10.1. The maximum absolute atomic E-state index is 12.4. The third-order valence-electron chi connectivity index (χ3n) is 4.50. The first-order valence-corrected chi connectivity index (χ1v) is 9.19. The molecule has 1 saturated heterocycles. The number of likely N-dealkylation sites (tertiary alicyclic amines) is 1. The molecule has 2 aromatic rings. The molecule has 3 rings (SSSR count). The van der Waals surface area contributed by atoms with Crippen molar-refractivity contribution in [3.05, 3.63) is 70.2 Å². The van der Waals surface area contributed by atoms with Gasteiger partial charge in [0.05, 0.1) is 5.56 Å². The average molecular weight is 386 g/mol. The van der Waals surface area contributed by atoms with Crippen molar-refractivity contribution in [1.82, 2.24) is 4.90 Å². The lowest BCUT2D eigenvalue weighted by Gasteiger charge is -2.16. The summed E-state index contributed by atoms with van der Waals surface area (Å²) in [5.74, 6) is -0.719. The molecule has 1 unspecified atom stereocenters. The lowest BCUT2D eigenvalue weighted by Crippen LogP contribution is -2.25. The van der Waals surface area contributed by atoms with E-state index in [1.807, 2.05) is 0 Å². The second-order valence-electron chi connectivity index (χ2n) is 6.54. The topological polar surface area (TPSA) is 63.7 Å². The van der Waals surface area contributed by atoms with Crippen molar-refractivity contribution >= 4 is 29.3 Å². The Morgan fingerprint density at radius 1 is 1.15 bits per heavy atom. The van der Waals surface area contributed by atoms with Crippen LogP contribution in [0.3, 0.4) is 0 Å². The monoisotopic (exact) mass is 385 g/mol. The lowest BCUT2D eigenvalue weighted by molar-refractivity contribution is -0.128. The van der Waals surface area contributed by atoms with Gasteiger partial charge in [0, 0.05) is 30.1 Å². The Morgan fingerprint density at radius 2 is 1.89 bits per heavy atom. The van der Waals surface area contributed by atoms with Gasteiger partial charge in [0.1, 0.15) is 0 Å². The highest BCUT2D eigenvalue weighted by Gasteiger charge is 2.22. The number of amides is 1. The van der Waals surface area contributed by atoms with Gasteiger partial charge in [-0.2, -0.15) is 0 Å². The van der Waals surface area contributed by atoms with Crippen LogP contribution >= 0.6 is 11.6 Å². The van der Waals surface area contributed by atoms with E-state index in [-0.39, 0.29) is 11.7 Å². The molecule has 1 aliphatic rings. The standard InChI is InChI=1S/C21H20ClNO4/c1-14(20(25)17-4-2-5-18(22)12-17)27-21(26)16-9-7-15(8-10-16)13-23-11-3-6-19(23)24/h2,4-5,7-10,12,14H,3,6,11,13H2,1H3.